The molecule has 3 heterocycles. The predicted octanol–water partition coefficient (Wildman–Crippen LogP) is 6.17. The molecule has 2 N–H and O–H groups in total. The number of carbonyl (C=O) groups excluding carboxylic acids is 2. The fourth-order valence-corrected chi connectivity index (χ4v) is 6.14. The number of anilines is 2. The lowest BCUT2D eigenvalue weighted by Crippen LogP contribution is -2.38. The number of halogens is 3. The standard InChI is InChI=1S/C30H29ClF2N4O4S/c1-17-4-3-5-26(37-13-11-19(15-27(37)38)28-23(32)9-8-22(31)29(28)33)25-14-18(10-12-34-25)21-7-6-20(36-42(2,40)41)16-24(21)35-30(17)39/h6-10,12,14-17,26,36H,3-5,11,13H2,1-2H3,(H,35,39)/t17-,26+/m1/s1. The number of nitrogens with zero attached hydrogens (tertiary/aromatic N) is 2. The van der Waals surface area contributed by atoms with E-state index in [9.17, 15) is 26.8 Å². The summed E-state index contributed by atoms with van der Waals surface area (Å²) in [7, 11) is -3.54. The molecule has 5 rings (SSSR count). The third-order valence-corrected chi connectivity index (χ3v) is 8.42. The molecule has 42 heavy (non-hydrogen) atoms. The number of hydrogen-bond acceptors (Lipinski definition) is 5. The number of benzene rings is 2. The van der Waals surface area contributed by atoms with Crippen LogP contribution in [0.25, 0.3) is 16.7 Å². The number of rotatable bonds is 4. The Kier molecular flexibility index (Phi) is 8.34. The van der Waals surface area contributed by atoms with Crippen LogP contribution in [-0.4, -0.2) is 42.9 Å². The first kappa shape index (κ1) is 29.7. The molecule has 0 saturated heterocycles. The lowest BCUT2D eigenvalue weighted by molar-refractivity contribution is -0.129. The molecule has 8 nitrogen and oxygen atoms in total. The van der Waals surface area contributed by atoms with Gasteiger partial charge in [-0.3, -0.25) is 19.3 Å². The molecular formula is C30H29ClF2N4O4S. The van der Waals surface area contributed by atoms with E-state index in [1.807, 2.05) is 6.07 Å². The van der Waals surface area contributed by atoms with Crippen LogP contribution in [0.15, 0.2) is 54.7 Å². The highest BCUT2D eigenvalue weighted by molar-refractivity contribution is 7.92. The smallest absolute Gasteiger partial charge is 0.247 e. The molecule has 12 heteroatoms. The Hall–Kier alpha value is -3.83. The van der Waals surface area contributed by atoms with Gasteiger partial charge in [-0.25, -0.2) is 17.2 Å². The molecular weight excluding hydrogens is 586 g/mol. The minimum atomic E-state index is -3.54. The first-order valence-electron chi connectivity index (χ1n) is 13.5. The van der Waals surface area contributed by atoms with Crippen LogP contribution in [0.2, 0.25) is 5.02 Å². The summed E-state index contributed by atoms with van der Waals surface area (Å²) in [5.74, 6) is -2.67. The molecule has 1 aromatic heterocycles. The van der Waals surface area contributed by atoms with Crippen LogP contribution < -0.4 is 10.0 Å². The van der Waals surface area contributed by atoms with Gasteiger partial charge >= 0.3 is 0 Å². The van der Waals surface area contributed by atoms with Crippen LogP contribution in [-0.2, 0) is 19.6 Å². The Morgan fingerprint density at radius 1 is 1.10 bits per heavy atom. The first-order chi connectivity index (χ1) is 19.9. The highest BCUT2D eigenvalue weighted by Crippen LogP contribution is 2.38. The van der Waals surface area contributed by atoms with Crippen LogP contribution in [0.5, 0.6) is 0 Å². The van der Waals surface area contributed by atoms with Crippen molar-refractivity contribution < 1.29 is 26.8 Å². The maximum atomic E-state index is 14.7. The van der Waals surface area contributed by atoms with Crippen molar-refractivity contribution in [2.24, 2.45) is 5.92 Å². The topological polar surface area (TPSA) is 108 Å². The fourth-order valence-electron chi connectivity index (χ4n) is 5.43. The van der Waals surface area contributed by atoms with Gasteiger partial charge in [-0.2, -0.15) is 0 Å². The quantitative estimate of drug-likeness (QED) is 0.342. The molecule has 2 aliphatic heterocycles. The zero-order valence-corrected chi connectivity index (χ0v) is 24.5. The minimum absolute atomic E-state index is 0.208. The van der Waals surface area contributed by atoms with Crippen molar-refractivity contribution >= 4 is 50.4 Å². The van der Waals surface area contributed by atoms with Crippen molar-refractivity contribution in [3.63, 3.8) is 0 Å². The third-order valence-electron chi connectivity index (χ3n) is 7.52. The van der Waals surface area contributed by atoms with Gasteiger partial charge in [0.05, 0.1) is 40.0 Å². The normalized spacial score (nSPS) is 19.6. The van der Waals surface area contributed by atoms with Gasteiger partial charge in [0.15, 0.2) is 5.82 Å². The van der Waals surface area contributed by atoms with E-state index in [0.29, 0.717) is 47.5 Å². The maximum Gasteiger partial charge on any atom is 0.247 e. The average Bonchev–Trinajstić information content (AvgIpc) is 2.92. The Balaban J connectivity index is 1.54. The molecule has 0 aliphatic carbocycles. The van der Waals surface area contributed by atoms with E-state index in [1.165, 1.54) is 6.08 Å². The second-order valence-electron chi connectivity index (χ2n) is 10.6. The number of pyridine rings is 1. The van der Waals surface area contributed by atoms with Crippen molar-refractivity contribution in [2.45, 2.75) is 38.6 Å². The third kappa shape index (κ3) is 6.32. The monoisotopic (exact) mass is 614 g/mol. The van der Waals surface area contributed by atoms with Gasteiger partial charge in [-0.05, 0) is 66.8 Å². The zero-order valence-electron chi connectivity index (χ0n) is 23.0. The van der Waals surface area contributed by atoms with E-state index < -0.39 is 33.6 Å². The molecule has 2 atom stereocenters. The van der Waals surface area contributed by atoms with Crippen LogP contribution >= 0.6 is 11.6 Å². The highest BCUT2D eigenvalue weighted by Gasteiger charge is 2.31. The molecule has 0 radical (unpaired) electrons. The fraction of sp³-hybridized carbons (Fsp3) is 0.300. The molecule has 2 aliphatic rings. The van der Waals surface area contributed by atoms with E-state index in [0.717, 1.165) is 18.4 Å². The van der Waals surface area contributed by atoms with Crippen LogP contribution in [0.1, 0.15) is 49.9 Å². The maximum absolute atomic E-state index is 14.7. The van der Waals surface area contributed by atoms with Gasteiger partial charge in [-0.1, -0.05) is 31.0 Å². The molecule has 220 valence electrons. The Morgan fingerprint density at radius 2 is 1.88 bits per heavy atom. The number of carbonyl (C=O) groups is 2. The zero-order chi connectivity index (χ0) is 30.2. The second kappa shape index (κ2) is 11.8. The highest BCUT2D eigenvalue weighted by atomic mass is 35.5. The van der Waals surface area contributed by atoms with Crippen LogP contribution in [0, 0.1) is 17.6 Å². The van der Waals surface area contributed by atoms with Crippen molar-refractivity contribution in [1.29, 1.82) is 0 Å². The summed E-state index contributed by atoms with van der Waals surface area (Å²) >= 11 is 5.88. The van der Waals surface area contributed by atoms with Crippen molar-refractivity contribution in [3.05, 3.63) is 82.7 Å². The van der Waals surface area contributed by atoms with Crippen molar-refractivity contribution in [2.75, 3.05) is 22.8 Å². The molecule has 0 saturated carbocycles. The summed E-state index contributed by atoms with van der Waals surface area (Å²) in [5, 5.41) is 2.72. The summed E-state index contributed by atoms with van der Waals surface area (Å²) in [6.45, 7) is 2.01. The van der Waals surface area contributed by atoms with Gasteiger partial charge in [0, 0.05) is 30.3 Å². The summed E-state index contributed by atoms with van der Waals surface area (Å²) in [6.07, 6.45) is 5.79. The Bertz CT molecular complexity index is 1710. The van der Waals surface area contributed by atoms with Gasteiger partial charge < -0.3 is 10.2 Å². The SMILES string of the molecule is C[C@@H]1CCC[C@H](N2CCC(c3c(F)ccc(Cl)c3F)=CC2=O)c2cc(ccn2)-c2ccc(NS(C)(=O)=O)cc2NC1=O. The average molecular weight is 615 g/mol. The van der Waals surface area contributed by atoms with Crippen molar-refractivity contribution in [1.82, 2.24) is 9.88 Å². The van der Waals surface area contributed by atoms with E-state index in [-0.39, 0.29) is 40.9 Å². The summed E-state index contributed by atoms with van der Waals surface area (Å²) < 4.78 is 55.3. The molecule has 2 bridgehead atoms. The largest absolute Gasteiger partial charge is 0.330 e. The summed E-state index contributed by atoms with van der Waals surface area (Å²) in [4.78, 5) is 32.8. The summed E-state index contributed by atoms with van der Waals surface area (Å²) in [6, 6.07) is 10.3. The van der Waals surface area contributed by atoms with Crippen molar-refractivity contribution in [3.8, 4) is 11.1 Å². The van der Waals surface area contributed by atoms with Crippen LogP contribution in [0.3, 0.4) is 0 Å². The molecule has 0 fully saturated rings. The van der Waals surface area contributed by atoms with E-state index in [2.05, 4.69) is 15.0 Å². The van der Waals surface area contributed by atoms with Crippen LogP contribution in [0.4, 0.5) is 20.2 Å². The van der Waals surface area contributed by atoms with Gasteiger partial charge in [0.1, 0.15) is 5.82 Å². The van der Waals surface area contributed by atoms with Gasteiger partial charge in [0.25, 0.3) is 0 Å². The van der Waals surface area contributed by atoms with Gasteiger partial charge in [-0.15, -0.1) is 0 Å². The molecule has 0 unspecified atom stereocenters. The summed E-state index contributed by atoms with van der Waals surface area (Å²) in [5.41, 5.74) is 2.66. The second-order valence-corrected chi connectivity index (χ2v) is 12.8. The Morgan fingerprint density at radius 3 is 2.62 bits per heavy atom. The first-order valence-corrected chi connectivity index (χ1v) is 15.7. The number of nitrogens with one attached hydrogen (secondary N) is 2. The predicted molar refractivity (Wildman–Crippen MR) is 158 cm³/mol. The van der Waals surface area contributed by atoms with E-state index in [4.69, 9.17) is 11.6 Å². The number of amides is 2. The molecule has 3 aromatic rings. The van der Waals surface area contributed by atoms with E-state index in [1.54, 1.807) is 42.3 Å². The van der Waals surface area contributed by atoms with E-state index >= 15 is 0 Å². The lowest BCUT2D eigenvalue weighted by Gasteiger charge is -2.34. The lowest BCUT2D eigenvalue weighted by atomic mass is 9.92. The van der Waals surface area contributed by atoms with Gasteiger partial charge in [0.2, 0.25) is 21.8 Å². The Labute approximate surface area is 247 Å². The molecule has 2 amide bonds. The number of fused-ring (bicyclic) bond motifs is 4. The number of hydrogen-bond donors (Lipinski definition) is 2. The molecule has 0 spiro atoms. The number of aromatic nitrogens is 1. The number of sulfonamides is 1. The molecule has 2 aromatic carbocycles. The minimum Gasteiger partial charge on any atom is -0.330 e.